The molecule has 0 radical (unpaired) electrons. The number of amides is 1. The van der Waals surface area contributed by atoms with Crippen LogP contribution in [0.4, 0.5) is 0 Å². The maximum atomic E-state index is 12.7. The predicted octanol–water partition coefficient (Wildman–Crippen LogP) is 3.80. The first-order valence-corrected chi connectivity index (χ1v) is 8.83. The smallest absolute Gasteiger partial charge is 0.289 e. The zero-order valence-corrected chi connectivity index (χ0v) is 15.4. The van der Waals surface area contributed by atoms with Crippen LogP contribution in [0.5, 0.6) is 0 Å². The number of thioether (sulfide) groups is 1. The maximum absolute atomic E-state index is 12.7. The van der Waals surface area contributed by atoms with Gasteiger partial charge in [0.2, 0.25) is 0 Å². The van der Waals surface area contributed by atoms with Crippen molar-refractivity contribution < 1.29 is 9.21 Å². The van der Waals surface area contributed by atoms with Crippen LogP contribution in [0.2, 0.25) is 0 Å². The summed E-state index contributed by atoms with van der Waals surface area (Å²) in [4.78, 5) is 15.8. The molecule has 0 aliphatic carbocycles. The van der Waals surface area contributed by atoms with E-state index in [0.717, 1.165) is 24.3 Å². The first kappa shape index (κ1) is 18.9. The third-order valence-electron chi connectivity index (χ3n) is 4.42. The number of furan rings is 1. The fraction of sp³-hybridized carbons (Fsp3) is 0.389. The molecule has 1 aliphatic heterocycles. The molecule has 1 atom stereocenters. The van der Waals surface area contributed by atoms with Gasteiger partial charge in [-0.25, -0.2) is 0 Å². The average Bonchev–Trinajstić information content (AvgIpc) is 3.20. The Labute approximate surface area is 153 Å². The van der Waals surface area contributed by atoms with Crippen molar-refractivity contribution in [2.24, 2.45) is 11.1 Å². The van der Waals surface area contributed by atoms with E-state index in [1.807, 2.05) is 29.2 Å². The molecular formula is C18H23ClN2O2S. The van der Waals surface area contributed by atoms with Gasteiger partial charge in [0.05, 0.1) is 6.26 Å². The van der Waals surface area contributed by atoms with Gasteiger partial charge in [-0.3, -0.25) is 4.79 Å². The molecule has 24 heavy (non-hydrogen) atoms. The van der Waals surface area contributed by atoms with E-state index in [9.17, 15) is 4.79 Å². The Morgan fingerprint density at radius 3 is 2.75 bits per heavy atom. The van der Waals surface area contributed by atoms with Crippen LogP contribution < -0.4 is 5.73 Å². The molecule has 1 saturated heterocycles. The van der Waals surface area contributed by atoms with Crippen LogP contribution in [-0.2, 0) is 5.75 Å². The van der Waals surface area contributed by atoms with Crippen LogP contribution in [-0.4, -0.2) is 30.4 Å². The number of carbonyl (C=O) groups excluding carboxylic acids is 1. The average molecular weight is 367 g/mol. The van der Waals surface area contributed by atoms with Gasteiger partial charge in [-0.2, -0.15) is 0 Å². The van der Waals surface area contributed by atoms with Crippen LogP contribution >= 0.6 is 24.2 Å². The summed E-state index contributed by atoms with van der Waals surface area (Å²) in [7, 11) is 0. The largest absolute Gasteiger partial charge is 0.459 e. The number of hydrogen-bond donors (Lipinski definition) is 1. The summed E-state index contributed by atoms with van der Waals surface area (Å²) in [5.41, 5.74) is 6.80. The van der Waals surface area contributed by atoms with Gasteiger partial charge in [-0.15, -0.1) is 24.2 Å². The summed E-state index contributed by atoms with van der Waals surface area (Å²) in [5, 5.41) is 0. The highest BCUT2D eigenvalue weighted by Gasteiger charge is 2.36. The Morgan fingerprint density at radius 2 is 2.08 bits per heavy atom. The molecule has 3 rings (SSSR count). The first-order chi connectivity index (χ1) is 11.1. The van der Waals surface area contributed by atoms with E-state index in [4.69, 9.17) is 10.2 Å². The molecule has 0 spiro atoms. The van der Waals surface area contributed by atoms with Crippen LogP contribution in [0.1, 0.15) is 29.5 Å². The van der Waals surface area contributed by atoms with E-state index in [1.54, 1.807) is 18.0 Å². The second-order valence-electron chi connectivity index (χ2n) is 6.37. The molecule has 130 valence electrons. The zero-order chi connectivity index (χ0) is 16.3. The van der Waals surface area contributed by atoms with E-state index in [0.29, 0.717) is 18.8 Å². The summed E-state index contributed by atoms with van der Waals surface area (Å²) in [6.07, 6.45) is 2.55. The molecule has 4 nitrogen and oxygen atoms in total. The second kappa shape index (κ2) is 8.10. The van der Waals surface area contributed by atoms with Crippen LogP contribution in [0.25, 0.3) is 0 Å². The molecule has 0 bridgehead atoms. The summed E-state index contributed by atoms with van der Waals surface area (Å²) >= 11 is 1.71. The monoisotopic (exact) mass is 366 g/mol. The molecule has 6 heteroatoms. The topological polar surface area (TPSA) is 59.5 Å². The highest BCUT2D eigenvalue weighted by atomic mass is 35.5. The van der Waals surface area contributed by atoms with Gasteiger partial charge in [-0.05, 0) is 36.6 Å². The lowest BCUT2D eigenvalue weighted by Gasteiger charge is -2.22. The van der Waals surface area contributed by atoms with Gasteiger partial charge in [0.15, 0.2) is 5.76 Å². The molecule has 1 fully saturated rings. The van der Waals surface area contributed by atoms with Crippen molar-refractivity contribution >= 4 is 30.1 Å². The number of nitrogens with two attached hydrogens (primary N) is 1. The molecule has 0 saturated carbocycles. The number of carbonyl (C=O) groups is 1. The first-order valence-electron chi connectivity index (χ1n) is 7.85. The normalized spacial score (nSPS) is 20.0. The Bertz CT molecular complexity index is 677. The fourth-order valence-corrected chi connectivity index (χ4v) is 3.72. The highest BCUT2D eigenvalue weighted by Crippen LogP contribution is 2.31. The van der Waals surface area contributed by atoms with Crippen LogP contribution in [0.15, 0.2) is 52.0 Å². The number of benzene rings is 1. The number of nitrogens with zero attached hydrogens (tertiary/aromatic N) is 1. The molecule has 1 aromatic heterocycles. The van der Waals surface area contributed by atoms with Gasteiger partial charge in [0.1, 0.15) is 0 Å². The number of likely N-dealkylation sites (tertiary alicyclic amines) is 1. The molecule has 2 aromatic rings. The number of rotatable bonds is 5. The van der Waals surface area contributed by atoms with E-state index >= 15 is 0 Å². The summed E-state index contributed by atoms with van der Waals surface area (Å²) < 4.78 is 5.49. The summed E-state index contributed by atoms with van der Waals surface area (Å²) in [6, 6.07) is 12.1. The Morgan fingerprint density at radius 1 is 1.33 bits per heavy atom. The van der Waals surface area contributed by atoms with Gasteiger partial charge in [0, 0.05) is 29.3 Å². The van der Waals surface area contributed by atoms with E-state index in [1.165, 1.54) is 4.90 Å². The van der Waals surface area contributed by atoms with Crippen molar-refractivity contribution in [3.8, 4) is 0 Å². The Kier molecular flexibility index (Phi) is 6.38. The molecule has 1 unspecified atom stereocenters. The van der Waals surface area contributed by atoms with E-state index in [2.05, 4.69) is 19.1 Å². The van der Waals surface area contributed by atoms with Gasteiger partial charge in [-0.1, -0.05) is 25.1 Å². The fourth-order valence-electron chi connectivity index (χ4n) is 2.82. The van der Waals surface area contributed by atoms with E-state index < -0.39 is 0 Å². The van der Waals surface area contributed by atoms with Crippen LogP contribution in [0.3, 0.4) is 0 Å². The van der Waals surface area contributed by atoms with Gasteiger partial charge >= 0.3 is 0 Å². The molecule has 1 aliphatic rings. The van der Waals surface area contributed by atoms with Crippen molar-refractivity contribution in [3.63, 3.8) is 0 Å². The minimum absolute atomic E-state index is 0. The third kappa shape index (κ3) is 4.15. The van der Waals surface area contributed by atoms with Crippen molar-refractivity contribution in [1.82, 2.24) is 4.90 Å². The molecule has 2 N–H and O–H groups in total. The summed E-state index contributed by atoms with van der Waals surface area (Å²) in [6.45, 7) is 4.19. The SMILES string of the molecule is CC1(CN)CCN(C(=O)c2occc2CSc2ccccc2)C1.Cl. The third-order valence-corrected chi connectivity index (χ3v) is 5.48. The van der Waals surface area contributed by atoms with Gasteiger partial charge in [0.25, 0.3) is 5.91 Å². The molecular weight excluding hydrogens is 344 g/mol. The Balaban J connectivity index is 0.00000208. The molecule has 1 aromatic carbocycles. The molecule has 2 heterocycles. The van der Waals surface area contributed by atoms with Crippen molar-refractivity contribution in [2.45, 2.75) is 24.0 Å². The predicted molar refractivity (Wildman–Crippen MR) is 99.6 cm³/mol. The zero-order valence-electron chi connectivity index (χ0n) is 13.7. The van der Waals surface area contributed by atoms with E-state index in [-0.39, 0.29) is 23.7 Å². The lowest BCUT2D eigenvalue weighted by molar-refractivity contribution is 0.0744. The van der Waals surface area contributed by atoms with Crippen molar-refractivity contribution in [1.29, 1.82) is 0 Å². The quantitative estimate of drug-likeness (QED) is 0.817. The number of halogens is 1. The minimum Gasteiger partial charge on any atom is -0.459 e. The maximum Gasteiger partial charge on any atom is 0.289 e. The summed E-state index contributed by atoms with van der Waals surface area (Å²) in [5.74, 6) is 1.18. The van der Waals surface area contributed by atoms with Crippen molar-refractivity contribution in [2.75, 3.05) is 19.6 Å². The lowest BCUT2D eigenvalue weighted by atomic mass is 9.90. The van der Waals surface area contributed by atoms with Gasteiger partial charge < -0.3 is 15.1 Å². The standard InChI is InChI=1S/C18H22N2O2S.ClH/c1-18(12-19)8-9-20(13-18)17(21)16-14(7-10-22-16)11-23-15-5-3-2-4-6-15;/h2-7,10H,8-9,11-13,19H2,1H3;1H. The van der Waals surface area contributed by atoms with Crippen LogP contribution in [0, 0.1) is 5.41 Å². The lowest BCUT2D eigenvalue weighted by Crippen LogP contribution is -2.34. The Hall–Kier alpha value is -1.43. The van der Waals surface area contributed by atoms with Crippen molar-refractivity contribution in [3.05, 3.63) is 54.0 Å². The molecule has 1 amide bonds. The second-order valence-corrected chi connectivity index (χ2v) is 7.42. The number of hydrogen-bond acceptors (Lipinski definition) is 4. The minimum atomic E-state index is -0.0177. The highest BCUT2D eigenvalue weighted by molar-refractivity contribution is 7.98.